The molecule has 0 aliphatic carbocycles. The van der Waals surface area contributed by atoms with Gasteiger partial charge in [-0.3, -0.25) is 4.79 Å². The van der Waals surface area contributed by atoms with E-state index < -0.39 is 0 Å². The van der Waals surface area contributed by atoms with Crippen molar-refractivity contribution in [1.29, 1.82) is 0 Å². The van der Waals surface area contributed by atoms with Gasteiger partial charge in [0.2, 0.25) is 0 Å². The first-order valence-corrected chi connectivity index (χ1v) is 7.64. The fourth-order valence-corrected chi connectivity index (χ4v) is 2.04. The van der Waals surface area contributed by atoms with E-state index in [9.17, 15) is 4.79 Å². The lowest BCUT2D eigenvalue weighted by Gasteiger charge is -2.26. The summed E-state index contributed by atoms with van der Waals surface area (Å²) in [4.78, 5) is 14.4. The second kappa shape index (κ2) is 8.62. The third-order valence-corrected chi connectivity index (χ3v) is 3.44. The van der Waals surface area contributed by atoms with Crippen molar-refractivity contribution < 1.29 is 9.53 Å². The number of benzene rings is 1. The van der Waals surface area contributed by atoms with E-state index in [1.54, 1.807) is 4.90 Å². The Kier molecular flexibility index (Phi) is 7.15. The number of ether oxygens (including phenoxy) is 1. The van der Waals surface area contributed by atoms with E-state index in [0.29, 0.717) is 23.7 Å². The van der Waals surface area contributed by atoms with Crippen LogP contribution in [0.3, 0.4) is 0 Å². The van der Waals surface area contributed by atoms with Crippen LogP contribution in [0.2, 0.25) is 0 Å². The molecular weight excluding hydrogens is 284 g/mol. The molecule has 0 fully saturated rings. The highest BCUT2D eigenvalue weighted by molar-refractivity contribution is 7.80. The third-order valence-electron chi connectivity index (χ3n) is 3.24. The molecule has 0 saturated heterocycles. The predicted octanol–water partition coefficient (Wildman–Crippen LogP) is 2.54. The van der Waals surface area contributed by atoms with Crippen LogP contribution in [0.1, 0.15) is 32.8 Å². The van der Waals surface area contributed by atoms with Gasteiger partial charge in [-0.25, -0.2) is 0 Å². The molecule has 0 aromatic heterocycles. The molecular formula is C16H24N2O2S. The number of carbonyl (C=O) groups excluding carboxylic acids is 1. The Balaban J connectivity index is 2.54. The molecule has 0 bridgehead atoms. The van der Waals surface area contributed by atoms with Crippen LogP contribution in [0.4, 0.5) is 0 Å². The minimum atomic E-state index is -0.0548. The van der Waals surface area contributed by atoms with E-state index >= 15 is 0 Å². The molecule has 0 aliphatic heterocycles. The first kappa shape index (κ1) is 17.4. The number of carbonyl (C=O) groups is 1. The summed E-state index contributed by atoms with van der Waals surface area (Å²) in [6.45, 7) is 6.59. The lowest BCUT2D eigenvalue weighted by Crippen LogP contribution is -2.41. The Labute approximate surface area is 132 Å². The molecule has 21 heavy (non-hydrogen) atoms. The van der Waals surface area contributed by atoms with E-state index in [2.05, 4.69) is 6.92 Å². The van der Waals surface area contributed by atoms with Crippen molar-refractivity contribution in [3.63, 3.8) is 0 Å². The fourth-order valence-electron chi connectivity index (χ4n) is 1.95. The van der Waals surface area contributed by atoms with E-state index in [1.807, 2.05) is 38.1 Å². The van der Waals surface area contributed by atoms with Crippen LogP contribution in [0, 0.1) is 0 Å². The minimum Gasteiger partial charge on any atom is -0.484 e. The van der Waals surface area contributed by atoms with Gasteiger partial charge in [-0.05, 0) is 38.0 Å². The summed E-state index contributed by atoms with van der Waals surface area (Å²) in [6, 6.07) is 7.89. The number of amides is 1. The van der Waals surface area contributed by atoms with Crippen LogP contribution in [-0.4, -0.2) is 35.0 Å². The number of nitrogens with two attached hydrogens (primary N) is 1. The second-order valence-electron chi connectivity index (χ2n) is 5.18. The molecule has 4 nitrogen and oxygen atoms in total. The minimum absolute atomic E-state index is 0.0288. The van der Waals surface area contributed by atoms with Crippen LogP contribution in [0.15, 0.2) is 24.3 Å². The third kappa shape index (κ3) is 6.12. The van der Waals surface area contributed by atoms with Gasteiger partial charge in [0.1, 0.15) is 5.75 Å². The smallest absolute Gasteiger partial charge is 0.260 e. The maximum absolute atomic E-state index is 12.2. The van der Waals surface area contributed by atoms with Gasteiger partial charge in [-0.1, -0.05) is 31.3 Å². The molecule has 0 saturated carbocycles. The Bertz CT molecular complexity index is 472. The van der Waals surface area contributed by atoms with Gasteiger partial charge < -0.3 is 15.4 Å². The molecule has 0 heterocycles. The summed E-state index contributed by atoms with van der Waals surface area (Å²) >= 11 is 4.86. The maximum Gasteiger partial charge on any atom is 0.260 e. The quantitative estimate of drug-likeness (QED) is 0.750. The van der Waals surface area contributed by atoms with Crippen LogP contribution in [0.25, 0.3) is 0 Å². The molecule has 0 aliphatic rings. The molecule has 1 amide bonds. The fraction of sp³-hybridized carbons (Fsp3) is 0.500. The summed E-state index contributed by atoms with van der Waals surface area (Å²) in [7, 11) is 0. The van der Waals surface area contributed by atoms with Crippen molar-refractivity contribution in [3.8, 4) is 5.75 Å². The van der Waals surface area contributed by atoms with Crippen molar-refractivity contribution >= 4 is 23.1 Å². The van der Waals surface area contributed by atoms with Gasteiger partial charge in [0.25, 0.3) is 5.91 Å². The Morgan fingerprint density at radius 2 is 1.95 bits per heavy atom. The summed E-state index contributed by atoms with van der Waals surface area (Å²) in [5.41, 5.74) is 6.74. The van der Waals surface area contributed by atoms with Crippen molar-refractivity contribution in [1.82, 2.24) is 4.90 Å². The summed E-state index contributed by atoms with van der Waals surface area (Å²) < 4.78 is 5.55. The van der Waals surface area contributed by atoms with E-state index in [0.717, 1.165) is 6.42 Å². The highest BCUT2D eigenvalue weighted by Crippen LogP contribution is 2.13. The maximum atomic E-state index is 12.2. The van der Waals surface area contributed by atoms with E-state index in [-0.39, 0.29) is 18.6 Å². The largest absolute Gasteiger partial charge is 0.484 e. The number of hydrogen-bond acceptors (Lipinski definition) is 3. The summed E-state index contributed by atoms with van der Waals surface area (Å²) in [5.74, 6) is 0.652. The van der Waals surface area contributed by atoms with Crippen molar-refractivity contribution in [2.24, 2.45) is 5.73 Å². The predicted molar refractivity (Wildman–Crippen MR) is 89.6 cm³/mol. The van der Waals surface area contributed by atoms with Crippen molar-refractivity contribution in [2.45, 2.75) is 39.7 Å². The van der Waals surface area contributed by atoms with Gasteiger partial charge in [0.15, 0.2) is 6.61 Å². The molecule has 5 heteroatoms. The van der Waals surface area contributed by atoms with Crippen LogP contribution in [0.5, 0.6) is 5.75 Å². The Morgan fingerprint density at radius 3 is 2.43 bits per heavy atom. The monoisotopic (exact) mass is 308 g/mol. The lowest BCUT2D eigenvalue weighted by atomic mass is 10.2. The zero-order valence-corrected chi connectivity index (χ0v) is 13.8. The molecule has 0 atom stereocenters. The lowest BCUT2D eigenvalue weighted by molar-refractivity contribution is -0.134. The van der Waals surface area contributed by atoms with Crippen molar-refractivity contribution in [3.05, 3.63) is 29.8 Å². The second-order valence-corrected chi connectivity index (χ2v) is 5.71. The van der Waals surface area contributed by atoms with Crippen LogP contribution < -0.4 is 10.5 Å². The average molecular weight is 308 g/mol. The number of thiocarbonyl (C=S) groups is 1. The average Bonchev–Trinajstić information content (AvgIpc) is 2.45. The normalized spacial score (nSPS) is 10.5. The Hall–Kier alpha value is -1.62. The SMILES string of the molecule is CCc1ccc(OCC(=O)N(CCC(N)=S)C(C)C)cc1. The van der Waals surface area contributed by atoms with Gasteiger partial charge >= 0.3 is 0 Å². The van der Waals surface area contributed by atoms with Crippen LogP contribution >= 0.6 is 12.2 Å². The number of aryl methyl sites for hydroxylation is 1. The molecule has 1 aromatic carbocycles. The number of hydrogen-bond donors (Lipinski definition) is 1. The van der Waals surface area contributed by atoms with Gasteiger partial charge in [0, 0.05) is 19.0 Å². The summed E-state index contributed by atoms with van der Waals surface area (Å²) in [6.07, 6.45) is 1.52. The molecule has 2 N–H and O–H groups in total. The zero-order chi connectivity index (χ0) is 15.8. The van der Waals surface area contributed by atoms with Crippen LogP contribution in [-0.2, 0) is 11.2 Å². The van der Waals surface area contributed by atoms with Crippen molar-refractivity contribution in [2.75, 3.05) is 13.2 Å². The van der Waals surface area contributed by atoms with E-state index in [4.69, 9.17) is 22.7 Å². The number of rotatable bonds is 8. The molecule has 116 valence electrons. The molecule has 1 rings (SSSR count). The molecule has 1 aromatic rings. The Morgan fingerprint density at radius 1 is 1.33 bits per heavy atom. The van der Waals surface area contributed by atoms with Gasteiger partial charge in [-0.15, -0.1) is 0 Å². The van der Waals surface area contributed by atoms with E-state index in [1.165, 1.54) is 5.56 Å². The summed E-state index contributed by atoms with van der Waals surface area (Å²) in [5, 5.41) is 0. The zero-order valence-electron chi connectivity index (χ0n) is 13.0. The number of nitrogens with zero attached hydrogens (tertiary/aromatic N) is 1. The molecule has 0 unspecified atom stereocenters. The first-order valence-electron chi connectivity index (χ1n) is 7.23. The molecule has 0 radical (unpaired) electrons. The van der Waals surface area contributed by atoms with Gasteiger partial charge in [-0.2, -0.15) is 0 Å². The highest BCUT2D eigenvalue weighted by Gasteiger charge is 2.17. The topological polar surface area (TPSA) is 55.6 Å². The van der Waals surface area contributed by atoms with Gasteiger partial charge in [0.05, 0.1) is 4.99 Å². The highest BCUT2D eigenvalue weighted by atomic mass is 32.1. The first-order chi connectivity index (χ1) is 9.93. The standard InChI is InChI=1S/C16H24N2O2S/c1-4-13-5-7-14(8-6-13)20-11-16(19)18(12(2)3)10-9-15(17)21/h5-8,12H,4,9-11H2,1-3H3,(H2,17,21). The molecule has 0 spiro atoms.